The van der Waals surface area contributed by atoms with Crippen LogP contribution in [0.15, 0.2) is 12.1 Å². The first kappa shape index (κ1) is 11.1. The third-order valence-corrected chi connectivity index (χ3v) is 2.26. The Morgan fingerprint density at radius 3 is 2.75 bits per heavy atom. The summed E-state index contributed by atoms with van der Waals surface area (Å²) in [5.74, 6) is 0.714. The SMILES string of the molecule is ONCc1cc(C(F)F)cc2c1OCCO2. The highest BCUT2D eigenvalue weighted by molar-refractivity contribution is 5.50. The van der Waals surface area contributed by atoms with Crippen LogP contribution in [0.2, 0.25) is 0 Å². The second-order valence-electron chi connectivity index (χ2n) is 3.34. The lowest BCUT2D eigenvalue weighted by molar-refractivity contribution is 0.141. The van der Waals surface area contributed by atoms with Gasteiger partial charge in [0.1, 0.15) is 13.2 Å². The van der Waals surface area contributed by atoms with E-state index in [1.807, 2.05) is 5.48 Å². The Morgan fingerprint density at radius 2 is 2.06 bits per heavy atom. The summed E-state index contributed by atoms with van der Waals surface area (Å²) in [7, 11) is 0. The van der Waals surface area contributed by atoms with Crippen LogP contribution in [-0.2, 0) is 6.54 Å². The Labute approximate surface area is 90.7 Å². The van der Waals surface area contributed by atoms with Gasteiger partial charge in [-0.2, -0.15) is 0 Å². The van der Waals surface area contributed by atoms with Crippen molar-refractivity contribution in [3.8, 4) is 11.5 Å². The molecule has 0 unspecified atom stereocenters. The normalized spacial score (nSPS) is 14.2. The minimum absolute atomic E-state index is 0.0340. The van der Waals surface area contributed by atoms with E-state index >= 15 is 0 Å². The Kier molecular flexibility index (Phi) is 3.21. The molecule has 2 N–H and O–H groups in total. The molecule has 1 aromatic rings. The maximum atomic E-state index is 12.6. The number of alkyl halides is 2. The molecule has 0 amide bonds. The van der Waals surface area contributed by atoms with Gasteiger partial charge in [0.05, 0.1) is 0 Å². The monoisotopic (exact) mass is 231 g/mol. The molecular weight excluding hydrogens is 220 g/mol. The quantitative estimate of drug-likeness (QED) is 0.780. The number of rotatable bonds is 3. The second kappa shape index (κ2) is 4.63. The topological polar surface area (TPSA) is 50.7 Å². The standard InChI is InChI=1S/C10H11F2NO3/c11-10(12)6-3-7(5-13-14)9-8(4-6)15-1-2-16-9/h3-4,10,13-14H,1-2,5H2. The molecule has 0 bridgehead atoms. The van der Waals surface area contributed by atoms with Crippen LogP contribution >= 0.6 is 0 Å². The fourth-order valence-electron chi connectivity index (χ4n) is 1.59. The predicted molar refractivity (Wildman–Crippen MR) is 51.0 cm³/mol. The predicted octanol–water partition coefficient (Wildman–Crippen LogP) is 1.87. The molecule has 0 aromatic heterocycles. The molecule has 1 aliphatic heterocycles. The van der Waals surface area contributed by atoms with Gasteiger partial charge in [-0.05, 0) is 12.1 Å². The van der Waals surface area contributed by atoms with Gasteiger partial charge in [-0.15, -0.1) is 0 Å². The zero-order valence-corrected chi connectivity index (χ0v) is 8.37. The summed E-state index contributed by atoms with van der Waals surface area (Å²) in [6.07, 6.45) is -2.58. The highest BCUT2D eigenvalue weighted by Gasteiger charge is 2.20. The molecule has 0 atom stereocenters. The maximum Gasteiger partial charge on any atom is 0.263 e. The lowest BCUT2D eigenvalue weighted by Gasteiger charge is -2.22. The van der Waals surface area contributed by atoms with Crippen LogP contribution in [0.1, 0.15) is 17.6 Å². The summed E-state index contributed by atoms with van der Waals surface area (Å²) < 4.78 is 35.7. The molecule has 0 saturated carbocycles. The smallest absolute Gasteiger partial charge is 0.263 e. The molecule has 0 saturated heterocycles. The Hall–Kier alpha value is -1.40. The first-order valence-corrected chi connectivity index (χ1v) is 4.80. The fraction of sp³-hybridized carbons (Fsp3) is 0.400. The van der Waals surface area contributed by atoms with E-state index in [1.165, 1.54) is 12.1 Å². The maximum absolute atomic E-state index is 12.6. The number of halogens is 2. The van der Waals surface area contributed by atoms with Gasteiger partial charge < -0.3 is 14.7 Å². The highest BCUT2D eigenvalue weighted by atomic mass is 19.3. The summed E-state index contributed by atoms with van der Waals surface area (Å²) in [4.78, 5) is 0. The minimum Gasteiger partial charge on any atom is -0.486 e. The summed E-state index contributed by atoms with van der Waals surface area (Å²) in [6.45, 7) is 0.747. The van der Waals surface area contributed by atoms with E-state index in [1.54, 1.807) is 0 Å². The third-order valence-electron chi connectivity index (χ3n) is 2.26. The molecule has 88 valence electrons. The lowest BCUT2D eigenvalue weighted by atomic mass is 10.1. The van der Waals surface area contributed by atoms with Gasteiger partial charge in [0, 0.05) is 17.7 Å². The first-order chi connectivity index (χ1) is 7.72. The van der Waals surface area contributed by atoms with Gasteiger partial charge >= 0.3 is 0 Å². The first-order valence-electron chi connectivity index (χ1n) is 4.80. The summed E-state index contributed by atoms with van der Waals surface area (Å²) in [5, 5.41) is 8.62. The molecule has 6 heteroatoms. The van der Waals surface area contributed by atoms with Gasteiger partial charge in [0.25, 0.3) is 6.43 Å². The van der Waals surface area contributed by atoms with Gasteiger partial charge in [0.15, 0.2) is 11.5 Å². The van der Waals surface area contributed by atoms with Crippen molar-refractivity contribution in [2.45, 2.75) is 13.0 Å². The molecular formula is C10H11F2NO3. The Bertz CT molecular complexity index is 385. The second-order valence-corrected chi connectivity index (χ2v) is 3.34. The molecule has 16 heavy (non-hydrogen) atoms. The van der Waals surface area contributed by atoms with Crippen LogP contribution in [0.3, 0.4) is 0 Å². The highest BCUT2D eigenvalue weighted by Crippen LogP contribution is 2.37. The van der Waals surface area contributed by atoms with Crippen molar-refractivity contribution in [3.63, 3.8) is 0 Å². The molecule has 4 nitrogen and oxygen atoms in total. The Balaban J connectivity index is 2.43. The molecule has 2 rings (SSSR count). The van der Waals surface area contributed by atoms with Crippen LogP contribution in [0.25, 0.3) is 0 Å². The van der Waals surface area contributed by atoms with E-state index in [4.69, 9.17) is 14.7 Å². The van der Waals surface area contributed by atoms with Crippen LogP contribution in [0.5, 0.6) is 11.5 Å². The van der Waals surface area contributed by atoms with E-state index in [2.05, 4.69) is 0 Å². The van der Waals surface area contributed by atoms with Crippen LogP contribution in [0.4, 0.5) is 8.78 Å². The summed E-state index contributed by atoms with van der Waals surface area (Å²) in [5.41, 5.74) is 2.23. The number of fused-ring (bicyclic) bond motifs is 1. The zero-order valence-electron chi connectivity index (χ0n) is 8.37. The van der Waals surface area contributed by atoms with E-state index in [0.29, 0.717) is 30.3 Å². The van der Waals surface area contributed by atoms with Gasteiger partial charge in [0.2, 0.25) is 0 Å². The molecule has 1 heterocycles. The van der Waals surface area contributed by atoms with Crippen LogP contribution in [-0.4, -0.2) is 18.4 Å². The van der Waals surface area contributed by atoms with Crippen molar-refractivity contribution in [1.29, 1.82) is 0 Å². The third kappa shape index (κ3) is 2.07. The van der Waals surface area contributed by atoms with E-state index in [-0.39, 0.29) is 12.1 Å². The van der Waals surface area contributed by atoms with Crippen molar-refractivity contribution >= 4 is 0 Å². The molecule has 0 aliphatic carbocycles. The number of benzene rings is 1. The number of hydrogen-bond donors (Lipinski definition) is 2. The van der Waals surface area contributed by atoms with Gasteiger partial charge in [-0.1, -0.05) is 0 Å². The van der Waals surface area contributed by atoms with Crippen LogP contribution in [0, 0.1) is 0 Å². The van der Waals surface area contributed by atoms with E-state index < -0.39 is 6.43 Å². The lowest BCUT2D eigenvalue weighted by Crippen LogP contribution is -2.18. The molecule has 1 aromatic carbocycles. The molecule has 1 aliphatic rings. The van der Waals surface area contributed by atoms with E-state index in [0.717, 1.165) is 0 Å². The number of ether oxygens (including phenoxy) is 2. The summed E-state index contributed by atoms with van der Waals surface area (Å²) in [6, 6.07) is 2.56. The molecule has 0 fully saturated rings. The average molecular weight is 231 g/mol. The van der Waals surface area contributed by atoms with Crippen molar-refractivity contribution in [3.05, 3.63) is 23.3 Å². The minimum atomic E-state index is -2.58. The average Bonchev–Trinajstić information content (AvgIpc) is 2.29. The van der Waals surface area contributed by atoms with E-state index in [9.17, 15) is 8.78 Å². The van der Waals surface area contributed by atoms with Crippen molar-refractivity contribution < 1.29 is 23.5 Å². The number of nitrogens with one attached hydrogen (secondary N) is 1. The van der Waals surface area contributed by atoms with Gasteiger partial charge in [-0.25, -0.2) is 14.3 Å². The van der Waals surface area contributed by atoms with Crippen molar-refractivity contribution in [1.82, 2.24) is 5.48 Å². The Morgan fingerprint density at radius 1 is 1.31 bits per heavy atom. The summed E-state index contributed by atoms with van der Waals surface area (Å²) >= 11 is 0. The molecule has 0 radical (unpaired) electrons. The van der Waals surface area contributed by atoms with Crippen molar-refractivity contribution in [2.75, 3.05) is 13.2 Å². The number of hydrogen-bond acceptors (Lipinski definition) is 4. The van der Waals surface area contributed by atoms with Gasteiger partial charge in [-0.3, -0.25) is 0 Å². The number of hydroxylamine groups is 1. The molecule has 0 spiro atoms. The largest absolute Gasteiger partial charge is 0.486 e. The fourth-order valence-corrected chi connectivity index (χ4v) is 1.59. The van der Waals surface area contributed by atoms with Crippen molar-refractivity contribution in [2.24, 2.45) is 0 Å². The zero-order chi connectivity index (χ0) is 11.5. The van der Waals surface area contributed by atoms with Crippen LogP contribution < -0.4 is 15.0 Å².